The van der Waals surface area contributed by atoms with Crippen molar-refractivity contribution in [3.05, 3.63) is 84.2 Å². The van der Waals surface area contributed by atoms with Crippen LogP contribution in [0.3, 0.4) is 0 Å². The van der Waals surface area contributed by atoms with Crippen LogP contribution in [-0.2, 0) is 24.4 Å². The number of hydrogen-bond donors (Lipinski definition) is 1. The van der Waals surface area contributed by atoms with Gasteiger partial charge < -0.3 is 24.1 Å². The van der Waals surface area contributed by atoms with Crippen LogP contribution >= 0.6 is 0 Å². The van der Waals surface area contributed by atoms with Gasteiger partial charge in [-0.2, -0.15) is 0 Å². The number of benzene rings is 3. The number of hydrogen-bond acceptors (Lipinski definition) is 5. The number of carbonyl (C=O) groups excluding carboxylic acids is 1. The van der Waals surface area contributed by atoms with Gasteiger partial charge in [-0.25, -0.2) is 4.98 Å². The lowest BCUT2D eigenvalue weighted by Gasteiger charge is -2.13. The molecule has 4 aromatic rings. The predicted molar refractivity (Wildman–Crippen MR) is 136 cm³/mol. The minimum Gasteiger partial charge on any atom is -0.490 e. The number of aromatic nitrogens is 2. The third-order valence-electron chi connectivity index (χ3n) is 5.49. The van der Waals surface area contributed by atoms with Crippen molar-refractivity contribution in [3.63, 3.8) is 0 Å². The van der Waals surface area contributed by atoms with E-state index in [-0.39, 0.29) is 19.1 Å². The largest absolute Gasteiger partial charge is 0.490 e. The number of para-hydroxylation sites is 3. The van der Waals surface area contributed by atoms with Crippen LogP contribution in [0.25, 0.3) is 11.0 Å². The normalized spacial score (nSPS) is 10.8. The Labute approximate surface area is 205 Å². The molecule has 0 saturated carbocycles. The molecule has 7 heteroatoms. The Hall–Kier alpha value is -4.00. The Morgan fingerprint density at radius 1 is 0.886 bits per heavy atom. The second-order valence-electron chi connectivity index (χ2n) is 7.95. The fourth-order valence-electron chi connectivity index (χ4n) is 3.87. The van der Waals surface area contributed by atoms with E-state index in [1.165, 1.54) is 0 Å². The van der Waals surface area contributed by atoms with Gasteiger partial charge in [0, 0.05) is 6.54 Å². The van der Waals surface area contributed by atoms with Gasteiger partial charge in [0.15, 0.2) is 11.5 Å². The Morgan fingerprint density at radius 2 is 1.63 bits per heavy atom. The molecule has 0 aliphatic rings. The zero-order valence-corrected chi connectivity index (χ0v) is 20.2. The summed E-state index contributed by atoms with van der Waals surface area (Å²) in [4.78, 5) is 17.5. The fraction of sp³-hybridized carbons (Fsp3) is 0.286. The summed E-state index contributed by atoms with van der Waals surface area (Å²) < 4.78 is 19.1. The van der Waals surface area contributed by atoms with Crippen LogP contribution in [0.5, 0.6) is 17.2 Å². The lowest BCUT2D eigenvalue weighted by Crippen LogP contribution is -2.30. The van der Waals surface area contributed by atoms with Crippen molar-refractivity contribution in [2.75, 3.05) is 19.8 Å². The molecule has 0 aliphatic heterocycles. The highest BCUT2D eigenvalue weighted by atomic mass is 16.5. The maximum absolute atomic E-state index is 12.8. The number of ether oxygens (including phenoxy) is 3. The summed E-state index contributed by atoms with van der Waals surface area (Å²) in [5.74, 6) is 2.85. The zero-order chi connectivity index (χ0) is 24.5. The Balaban J connectivity index is 1.39. The van der Waals surface area contributed by atoms with Gasteiger partial charge in [-0.1, -0.05) is 36.4 Å². The molecule has 0 unspecified atom stereocenters. The van der Waals surface area contributed by atoms with Gasteiger partial charge in [0.2, 0.25) is 5.91 Å². The molecule has 182 valence electrons. The molecule has 0 fully saturated rings. The standard InChI is InChI=1S/C28H31N3O4/c1-3-33-25-15-14-21(18-26(25)34-4-2)16-17-29-28(32)19-31-24-13-9-8-12-23(24)30-27(31)20-35-22-10-6-5-7-11-22/h5-15,18H,3-4,16-17,19-20H2,1-2H3,(H,29,32). The second-order valence-corrected chi connectivity index (χ2v) is 7.95. The molecule has 0 radical (unpaired) electrons. The van der Waals surface area contributed by atoms with E-state index >= 15 is 0 Å². The summed E-state index contributed by atoms with van der Waals surface area (Å²) in [5, 5.41) is 3.03. The van der Waals surface area contributed by atoms with Crippen molar-refractivity contribution in [3.8, 4) is 17.2 Å². The van der Waals surface area contributed by atoms with E-state index in [9.17, 15) is 4.79 Å². The van der Waals surface area contributed by atoms with E-state index in [4.69, 9.17) is 19.2 Å². The summed E-state index contributed by atoms with van der Waals surface area (Å²) in [6.45, 7) is 6.00. The van der Waals surface area contributed by atoms with E-state index in [1.54, 1.807) is 0 Å². The number of amides is 1. The van der Waals surface area contributed by atoms with Crippen LogP contribution in [0.2, 0.25) is 0 Å². The molecule has 0 aliphatic carbocycles. The van der Waals surface area contributed by atoms with Gasteiger partial charge in [-0.3, -0.25) is 4.79 Å². The van der Waals surface area contributed by atoms with E-state index < -0.39 is 0 Å². The van der Waals surface area contributed by atoms with E-state index in [1.807, 2.05) is 91.2 Å². The average molecular weight is 474 g/mol. The Kier molecular flexibility index (Phi) is 8.22. The molecule has 0 atom stereocenters. The molecular formula is C28H31N3O4. The lowest BCUT2D eigenvalue weighted by atomic mass is 10.1. The maximum Gasteiger partial charge on any atom is 0.240 e. The van der Waals surface area contributed by atoms with Crippen molar-refractivity contribution in [1.82, 2.24) is 14.9 Å². The average Bonchev–Trinajstić information content (AvgIpc) is 3.22. The van der Waals surface area contributed by atoms with Gasteiger partial charge in [0.25, 0.3) is 0 Å². The Bertz CT molecular complexity index is 1250. The first kappa shape index (κ1) is 24.1. The predicted octanol–water partition coefficient (Wildman–Crippen LogP) is 4.77. The minimum absolute atomic E-state index is 0.0786. The summed E-state index contributed by atoms with van der Waals surface area (Å²) in [5.41, 5.74) is 2.81. The number of carbonyl (C=O) groups is 1. The highest BCUT2D eigenvalue weighted by Crippen LogP contribution is 2.28. The molecule has 1 aromatic heterocycles. The van der Waals surface area contributed by atoms with Gasteiger partial charge in [-0.05, 0) is 62.2 Å². The molecular weight excluding hydrogens is 442 g/mol. The van der Waals surface area contributed by atoms with E-state index in [0.29, 0.717) is 32.0 Å². The first-order chi connectivity index (χ1) is 17.2. The highest BCUT2D eigenvalue weighted by Gasteiger charge is 2.14. The van der Waals surface area contributed by atoms with Gasteiger partial charge in [0.05, 0.1) is 24.2 Å². The molecule has 4 rings (SSSR count). The molecule has 1 N–H and O–H groups in total. The third-order valence-corrected chi connectivity index (χ3v) is 5.49. The first-order valence-corrected chi connectivity index (χ1v) is 11.9. The van der Waals surface area contributed by atoms with E-state index in [2.05, 4.69) is 5.32 Å². The molecule has 0 bridgehead atoms. The Morgan fingerprint density at radius 3 is 2.43 bits per heavy atom. The van der Waals surface area contributed by atoms with Crippen LogP contribution in [0.15, 0.2) is 72.8 Å². The molecule has 3 aromatic carbocycles. The number of nitrogens with zero attached hydrogens (tertiary/aromatic N) is 2. The smallest absolute Gasteiger partial charge is 0.240 e. The highest BCUT2D eigenvalue weighted by molar-refractivity contribution is 5.81. The number of rotatable bonds is 12. The minimum atomic E-state index is -0.0786. The summed E-state index contributed by atoms with van der Waals surface area (Å²) in [6, 6.07) is 23.3. The third kappa shape index (κ3) is 6.32. The van der Waals surface area contributed by atoms with Crippen molar-refractivity contribution in [2.45, 2.75) is 33.4 Å². The monoisotopic (exact) mass is 473 g/mol. The van der Waals surface area contributed by atoms with E-state index in [0.717, 1.165) is 33.8 Å². The van der Waals surface area contributed by atoms with Crippen LogP contribution in [0.4, 0.5) is 0 Å². The fourth-order valence-corrected chi connectivity index (χ4v) is 3.87. The second kappa shape index (κ2) is 11.9. The molecule has 0 spiro atoms. The number of nitrogens with one attached hydrogen (secondary N) is 1. The van der Waals surface area contributed by atoms with Gasteiger partial charge in [-0.15, -0.1) is 0 Å². The van der Waals surface area contributed by atoms with Crippen LogP contribution in [-0.4, -0.2) is 35.2 Å². The SMILES string of the molecule is CCOc1ccc(CCNC(=O)Cn2c(COc3ccccc3)nc3ccccc32)cc1OCC. The molecule has 1 amide bonds. The van der Waals surface area contributed by atoms with Crippen LogP contribution < -0.4 is 19.5 Å². The number of imidazole rings is 1. The topological polar surface area (TPSA) is 74.6 Å². The first-order valence-electron chi connectivity index (χ1n) is 11.9. The molecule has 7 nitrogen and oxygen atoms in total. The van der Waals surface area contributed by atoms with Crippen molar-refractivity contribution in [2.24, 2.45) is 0 Å². The van der Waals surface area contributed by atoms with Crippen LogP contribution in [0, 0.1) is 0 Å². The number of fused-ring (bicyclic) bond motifs is 1. The zero-order valence-electron chi connectivity index (χ0n) is 20.2. The van der Waals surface area contributed by atoms with Crippen molar-refractivity contribution >= 4 is 16.9 Å². The van der Waals surface area contributed by atoms with Gasteiger partial charge >= 0.3 is 0 Å². The molecule has 0 saturated heterocycles. The van der Waals surface area contributed by atoms with Crippen molar-refractivity contribution in [1.29, 1.82) is 0 Å². The molecule has 1 heterocycles. The van der Waals surface area contributed by atoms with Gasteiger partial charge in [0.1, 0.15) is 24.7 Å². The lowest BCUT2D eigenvalue weighted by molar-refractivity contribution is -0.121. The summed E-state index contributed by atoms with van der Waals surface area (Å²) in [6.07, 6.45) is 0.687. The summed E-state index contributed by atoms with van der Waals surface area (Å²) >= 11 is 0. The quantitative estimate of drug-likeness (QED) is 0.321. The molecule has 35 heavy (non-hydrogen) atoms. The van der Waals surface area contributed by atoms with Crippen LogP contribution in [0.1, 0.15) is 25.2 Å². The maximum atomic E-state index is 12.8. The summed E-state index contributed by atoms with van der Waals surface area (Å²) in [7, 11) is 0. The van der Waals surface area contributed by atoms with Crippen molar-refractivity contribution < 1.29 is 19.0 Å².